The van der Waals surface area contributed by atoms with Crippen LogP contribution < -0.4 is 0 Å². The van der Waals surface area contributed by atoms with Gasteiger partial charge in [0.1, 0.15) is 11.0 Å². The molecule has 0 atom stereocenters. The molecule has 0 saturated heterocycles. The van der Waals surface area contributed by atoms with Crippen LogP contribution in [0.1, 0.15) is 36.6 Å². The third-order valence-corrected chi connectivity index (χ3v) is 4.03. The van der Waals surface area contributed by atoms with Gasteiger partial charge in [0, 0.05) is 5.92 Å². The molecule has 1 aliphatic rings. The van der Waals surface area contributed by atoms with Crippen LogP contribution in [0.3, 0.4) is 0 Å². The standard InChI is InChI=1S/C13H12Cl2N2/c1-7-5-6-9(14)10-11(7)16-13(17-12(10)15)8-3-2-4-8/h5-6,8H,2-4H2,1H3. The van der Waals surface area contributed by atoms with E-state index in [1.165, 1.54) is 19.3 Å². The molecule has 2 nitrogen and oxygen atoms in total. The summed E-state index contributed by atoms with van der Waals surface area (Å²) in [6.45, 7) is 2.02. The highest BCUT2D eigenvalue weighted by Crippen LogP contribution is 2.37. The van der Waals surface area contributed by atoms with Crippen molar-refractivity contribution in [3.05, 3.63) is 33.7 Å². The van der Waals surface area contributed by atoms with Gasteiger partial charge in [-0.15, -0.1) is 0 Å². The van der Waals surface area contributed by atoms with E-state index in [1.807, 2.05) is 19.1 Å². The summed E-state index contributed by atoms with van der Waals surface area (Å²) in [6.07, 6.45) is 3.60. The Labute approximate surface area is 110 Å². The van der Waals surface area contributed by atoms with Crippen molar-refractivity contribution >= 4 is 34.1 Å². The first-order valence-electron chi connectivity index (χ1n) is 5.79. The smallest absolute Gasteiger partial charge is 0.142 e. The summed E-state index contributed by atoms with van der Waals surface area (Å²) in [5.41, 5.74) is 1.98. The van der Waals surface area contributed by atoms with Gasteiger partial charge in [0.25, 0.3) is 0 Å². The highest BCUT2D eigenvalue weighted by molar-refractivity contribution is 6.41. The Kier molecular flexibility index (Phi) is 2.72. The quantitative estimate of drug-likeness (QED) is 0.710. The van der Waals surface area contributed by atoms with Crippen molar-refractivity contribution in [3.8, 4) is 0 Å². The first-order chi connectivity index (χ1) is 8.16. The second-order valence-electron chi connectivity index (χ2n) is 4.59. The summed E-state index contributed by atoms with van der Waals surface area (Å²) in [7, 11) is 0. The average Bonchev–Trinajstić information content (AvgIpc) is 2.20. The van der Waals surface area contributed by atoms with Crippen LogP contribution in [0, 0.1) is 6.92 Å². The summed E-state index contributed by atoms with van der Waals surface area (Å²) >= 11 is 12.4. The molecule has 88 valence electrons. The number of nitrogens with zero attached hydrogens (tertiary/aromatic N) is 2. The second-order valence-corrected chi connectivity index (χ2v) is 5.35. The monoisotopic (exact) mass is 266 g/mol. The third-order valence-electron chi connectivity index (χ3n) is 3.44. The molecule has 1 aliphatic carbocycles. The van der Waals surface area contributed by atoms with Gasteiger partial charge in [0.15, 0.2) is 0 Å². The molecule has 2 aromatic rings. The lowest BCUT2D eigenvalue weighted by molar-refractivity contribution is 0.402. The normalized spacial score (nSPS) is 16.2. The van der Waals surface area contributed by atoms with Crippen molar-refractivity contribution in [2.24, 2.45) is 0 Å². The van der Waals surface area contributed by atoms with Crippen molar-refractivity contribution in [2.45, 2.75) is 32.1 Å². The van der Waals surface area contributed by atoms with E-state index >= 15 is 0 Å². The molecule has 0 amide bonds. The topological polar surface area (TPSA) is 25.8 Å². The van der Waals surface area contributed by atoms with Gasteiger partial charge in [-0.2, -0.15) is 0 Å². The molecule has 1 fully saturated rings. The van der Waals surface area contributed by atoms with Crippen LogP contribution in [0.25, 0.3) is 10.9 Å². The Morgan fingerprint density at radius 2 is 1.94 bits per heavy atom. The van der Waals surface area contributed by atoms with E-state index in [4.69, 9.17) is 23.2 Å². The van der Waals surface area contributed by atoms with Crippen molar-refractivity contribution in [1.82, 2.24) is 9.97 Å². The Bertz CT molecular complexity index is 591. The maximum atomic E-state index is 6.23. The van der Waals surface area contributed by atoms with Gasteiger partial charge >= 0.3 is 0 Å². The van der Waals surface area contributed by atoms with Gasteiger partial charge in [0.2, 0.25) is 0 Å². The van der Waals surface area contributed by atoms with E-state index < -0.39 is 0 Å². The summed E-state index contributed by atoms with van der Waals surface area (Å²) in [5, 5.41) is 1.87. The van der Waals surface area contributed by atoms with E-state index in [9.17, 15) is 0 Å². The molecule has 17 heavy (non-hydrogen) atoms. The summed E-state index contributed by atoms with van der Waals surface area (Å²) < 4.78 is 0. The number of aryl methyl sites for hydroxylation is 1. The largest absolute Gasteiger partial charge is 0.232 e. The van der Waals surface area contributed by atoms with Crippen LogP contribution in [-0.2, 0) is 0 Å². The molecular weight excluding hydrogens is 255 g/mol. The molecule has 1 aromatic heterocycles. The van der Waals surface area contributed by atoms with Gasteiger partial charge in [-0.3, -0.25) is 0 Å². The van der Waals surface area contributed by atoms with Crippen molar-refractivity contribution in [2.75, 3.05) is 0 Å². The molecule has 0 N–H and O–H groups in total. The highest BCUT2D eigenvalue weighted by Gasteiger charge is 2.24. The van der Waals surface area contributed by atoms with Crippen LogP contribution in [0.15, 0.2) is 12.1 Å². The molecule has 0 unspecified atom stereocenters. The van der Waals surface area contributed by atoms with Crippen LogP contribution in [0.2, 0.25) is 10.2 Å². The number of fused-ring (bicyclic) bond motifs is 1. The Balaban J connectivity index is 2.27. The maximum Gasteiger partial charge on any atom is 0.142 e. The number of benzene rings is 1. The average molecular weight is 267 g/mol. The maximum absolute atomic E-state index is 6.23. The lowest BCUT2D eigenvalue weighted by Crippen LogP contribution is -2.13. The zero-order chi connectivity index (χ0) is 12.0. The Morgan fingerprint density at radius 3 is 2.59 bits per heavy atom. The molecule has 4 heteroatoms. The van der Waals surface area contributed by atoms with E-state index in [0.717, 1.165) is 22.3 Å². The predicted octanol–water partition coefficient (Wildman–Crippen LogP) is 4.51. The van der Waals surface area contributed by atoms with E-state index in [2.05, 4.69) is 9.97 Å². The van der Waals surface area contributed by atoms with E-state index in [0.29, 0.717) is 16.1 Å². The van der Waals surface area contributed by atoms with Crippen molar-refractivity contribution in [3.63, 3.8) is 0 Å². The zero-order valence-electron chi connectivity index (χ0n) is 9.50. The van der Waals surface area contributed by atoms with Crippen molar-refractivity contribution in [1.29, 1.82) is 0 Å². The van der Waals surface area contributed by atoms with Gasteiger partial charge in [0.05, 0.1) is 15.9 Å². The fourth-order valence-electron chi connectivity index (χ4n) is 2.16. The summed E-state index contributed by atoms with van der Waals surface area (Å²) in [4.78, 5) is 9.03. The molecular formula is C13H12Cl2N2. The fraction of sp³-hybridized carbons (Fsp3) is 0.385. The molecule has 0 radical (unpaired) electrons. The summed E-state index contributed by atoms with van der Waals surface area (Å²) in [5.74, 6) is 1.36. The summed E-state index contributed by atoms with van der Waals surface area (Å²) in [6, 6.07) is 3.82. The molecule has 1 aromatic carbocycles. The zero-order valence-corrected chi connectivity index (χ0v) is 11.0. The number of hydrogen-bond donors (Lipinski definition) is 0. The Hall–Kier alpha value is -0.860. The number of aromatic nitrogens is 2. The van der Waals surface area contributed by atoms with E-state index in [-0.39, 0.29) is 0 Å². The highest BCUT2D eigenvalue weighted by atomic mass is 35.5. The van der Waals surface area contributed by atoms with Crippen LogP contribution in [0.5, 0.6) is 0 Å². The third kappa shape index (κ3) is 1.80. The second kappa shape index (κ2) is 4.11. The Morgan fingerprint density at radius 1 is 1.18 bits per heavy atom. The van der Waals surface area contributed by atoms with Crippen LogP contribution in [0.4, 0.5) is 0 Å². The molecule has 0 spiro atoms. The first kappa shape index (κ1) is 11.2. The van der Waals surface area contributed by atoms with E-state index in [1.54, 1.807) is 0 Å². The lowest BCUT2D eigenvalue weighted by atomic mass is 9.85. The number of rotatable bonds is 1. The number of halogens is 2. The molecule has 0 aliphatic heterocycles. The van der Waals surface area contributed by atoms with Crippen molar-refractivity contribution < 1.29 is 0 Å². The molecule has 3 rings (SSSR count). The minimum Gasteiger partial charge on any atom is -0.232 e. The predicted molar refractivity (Wildman–Crippen MR) is 70.9 cm³/mol. The first-order valence-corrected chi connectivity index (χ1v) is 6.54. The minimum absolute atomic E-state index is 0.477. The van der Waals surface area contributed by atoms with Gasteiger partial charge in [-0.25, -0.2) is 9.97 Å². The fourth-order valence-corrected chi connectivity index (χ4v) is 2.72. The van der Waals surface area contributed by atoms with Crippen LogP contribution in [-0.4, -0.2) is 9.97 Å². The molecule has 0 bridgehead atoms. The lowest BCUT2D eigenvalue weighted by Gasteiger charge is -2.24. The van der Waals surface area contributed by atoms with Gasteiger partial charge in [-0.1, -0.05) is 35.7 Å². The SMILES string of the molecule is Cc1ccc(Cl)c2c(Cl)nc(C3CCC3)nc12. The van der Waals surface area contributed by atoms with Gasteiger partial charge in [-0.05, 0) is 31.4 Å². The molecule has 1 saturated carbocycles. The minimum atomic E-state index is 0.477. The van der Waals surface area contributed by atoms with Gasteiger partial charge < -0.3 is 0 Å². The van der Waals surface area contributed by atoms with Crippen LogP contribution >= 0.6 is 23.2 Å². The molecule has 1 heterocycles. The number of hydrogen-bond acceptors (Lipinski definition) is 2.